The van der Waals surface area contributed by atoms with Gasteiger partial charge in [-0.05, 0) is 32.8 Å². The molecule has 1 atom stereocenters. The van der Waals surface area contributed by atoms with E-state index < -0.39 is 5.60 Å². The summed E-state index contributed by atoms with van der Waals surface area (Å²) in [6.07, 6.45) is 4.09. The molecule has 0 aliphatic heterocycles. The number of hydrogen-bond acceptors (Lipinski definition) is 4. The molecule has 0 unspecified atom stereocenters. The Morgan fingerprint density at radius 2 is 2.05 bits per heavy atom. The van der Waals surface area contributed by atoms with E-state index in [1.165, 1.54) is 0 Å². The first-order valence-electron chi connectivity index (χ1n) is 7.60. The van der Waals surface area contributed by atoms with Crippen LogP contribution in [-0.4, -0.2) is 29.7 Å². The Hall–Kier alpha value is -1.62. The summed E-state index contributed by atoms with van der Waals surface area (Å²) in [5, 5.41) is 2.85. The molecule has 0 bridgehead atoms. The Kier molecular flexibility index (Phi) is 7.15. The lowest BCUT2D eigenvalue weighted by molar-refractivity contribution is -0.139. The highest BCUT2D eigenvalue weighted by atomic mass is 16.5. The molecule has 1 N–H and O–H groups in total. The van der Waals surface area contributed by atoms with Gasteiger partial charge in [-0.1, -0.05) is 20.3 Å². The van der Waals surface area contributed by atoms with Crippen LogP contribution in [0.1, 0.15) is 47.0 Å². The van der Waals surface area contributed by atoms with E-state index >= 15 is 0 Å². The maximum atomic E-state index is 12.4. The highest BCUT2D eigenvalue weighted by Crippen LogP contribution is 2.21. The maximum Gasteiger partial charge on any atom is 0.256 e. The van der Waals surface area contributed by atoms with Gasteiger partial charge in [0.05, 0.1) is 18.5 Å². The van der Waals surface area contributed by atoms with Crippen LogP contribution in [-0.2, 0) is 9.53 Å². The lowest BCUT2D eigenvalue weighted by Gasteiger charge is -2.27. The van der Waals surface area contributed by atoms with Crippen molar-refractivity contribution in [3.63, 3.8) is 0 Å². The van der Waals surface area contributed by atoms with E-state index in [0.29, 0.717) is 31.2 Å². The molecule has 0 aromatic carbocycles. The fourth-order valence-corrected chi connectivity index (χ4v) is 2.06. The fraction of sp³-hybridized carbons (Fsp3) is 0.625. The van der Waals surface area contributed by atoms with E-state index in [4.69, 9.17) is 9.47 Å². The average Bonchev–Trinajstić information content (AvgIpc) is 2.47. The second-order valence-corrected chi connectivity index (χ2v) is 5.10. The van der Waals surface area contributed by atoms with Crippen LogP contribution in [0.15, 0.2) is 18.3 Å². The minimum Gasteiger partial charge on any atom is -0.478 e. The molecule has 1 aromatic rings. The Morgan fingerprint density at radius 1 is 1.29 bits per heavy atom. The van der Waals surface area contributed by atoms with Gasteiger partial charge in [0, 0.05) is 12.7 Å². The van der Waals surface area contributed by atoms with Crippen molar-refractivity contribution >= 4 is 11.6 Å². The van der Waals surface area contributed by atoms with E-state index in [1.54, 1.807) is 18.3 Å². The SMILES string of the molecule is CCCOc1ccc(NC(=O)[C@](C)(CCC)OCC)cn1. The van der Waals surface area contributed by atoms with E-state index in [2.05, 4.69) is 10.3 Å². The van der Waals surface area contributed by atoms with Crippen molar-refractivity contribution in [2.45, 2.75) is 52.6 Å². The van der Waals surface area contributed by atoms with Crippen LogP contribution in [0, 0.1) is 0 Å². The molecule has 0 radical (unpaired) electrons. The summed E-state index contributed by atoms with van der Waals surface area (Å²) in [6, 6.07) is 3.54. The molecule has 5 nitrogen and oxygen atoms in total. The zero-order valence-electron chi connectivity index (χ0n) is 13.4. The topological polar surface area (TPSA) is 60.5 Å². The molecule has 1 heterocycles. The summed E-state index contributed by atoms with van der Waals surface area (Å²) in [5.74, 6) is 0.422. The number of hydrogen-bond donors (Lipinski definition) is 1. The van der Waals surface area contributed by atoms with Crippen molar-refractivity contribution in [1.82, 2.24) is 4.98 Å². The smallest absolute Gasteiger partial charge is 0.256 e. The number of carbonyl (C=O) groups excluding carboxylic acids is 1. The van der Waals surface area contributed by atoms with Crippen LogP contribution >= 0.6 is 0 Å². The molecule has 0 fully saturated rings. The first-order valence-corrected chi connectivity index (χ1v) is 7.60. The third kappa shape index (κ3) is 5.34. The Labute approximate surface area is 127 Å². The Balaban J connectivity index is 2.68. The minimum atomic E-state index is -0.805. The predicted molar refractivity (Wildman–Crippen MR) is 83.6 cm³/mol. The molecule has 1 aromatic heterocycles. The highest BCUT2D eigenvalue weighted by molar-refractivity contribution is 5.96. The van der Waals surface area contributed by atoms with Crippen molar-refractivity contribution in [3.8, 4) is 5.88 Å². The highest BCUT2D eigenvalue weighted by Gasteiger charge is 2.32. The summed E-state index contributed by atoms with van der Waals surface area (Å²) in [4.78, 5) is 16.5. The normalized spacial score (nSPS) is 13.5. The van der Waals surface area contributed by atoms with E-state index in [-0.39, 0.29) is 5.91 Å². The molecule has 0 saturated carbocycles. The molecular formula is C16H26N2O3. The number of anilines is 1. The van der Waals surface area contributed by atoms with Crippen molar-refractivity contribution in [1.29, 1.82) is 0 Å². The third-order valence-electron chi connectivity index (χ3n) is 3.12. The van der Waals surface area contributed by atoms with Gasteiger partial charge < -0.3 is 14.8 Å². The fourth-order valence-electron chi connectivity index (χ4n) is 2.06. The van der Waals surface area contributed by atoms with Gasteiger partial charge in [0.25, 0.3) is 5.91 Å². The van der Waals surface area contributed by atoms with E-state index in [9.17, 15) is 4.79 Å². The largest absolute Gasteiger partial charge is 0.478 e. The summed E-state index contributed by atoms with van der Waals surface area (Å²) in [5.41, 5.74) is -0.160. The average molecular weight is 294 g/mol. The number of rotatable bonds is 9. The summed E-state index contributed by atoms with van der Waals surface area (Å²) in [7, 11) is 0. The minimum absolute atomic E-state index is 0.143. The van der Waals surface area contributed by atoms with E-state index in [1.807, 2.05) is 27.7 Å². The number of nitrogens with one attached hydrogen (secondary N) is 1. The van der Waals surface area contributed by atoms with Crippen molar-refractivity contribution < 1.29 is 14.3 Å². The molecule has 0 aliphatic rings. The van der Waals surface area contributed by atoms with Gasteiger partial charge in [-0.25, -0.2) is 4.98 Å². The molecule has 1 amide bonds. The lowest BCUT2D eigenvalue weighted by Crippen LogP contribution is -2.42. The lowest BCUT2D eigenvalue weighted by atomic mass is 9.99. The second kappa shape index (κ2) is 8.62. The maximum absolute atomic E-state index is 12.4. The van der Waals surface area contributed by atoms with Gasteiger partial charge in [0.1, 0.15) is 5.60 Å². The number of carbonyl (C=O) groups is 1. The number of nitrogens with zero attached hydrogens (tertiary/aromatic N) is 1. The molecule has 0 saturated heterocycles. The molecule has 118 valence electrons. The standard InChI is InChI=1S/C16H26N2O3/c1-5-10-16(4,21-7-3)15(19)18-13-8-9-14(17-12-13)20-11-6-2/h8-9,12H,5-7,10-11H2,1-4H3,(H,18,19)/t16-/m0/s1. The second-order valence-electron chi connectivity index (χ2n) is 5.10. The Bertz CT molecular complexity index is 426. The van der Waals surface area contributed by atoms with Crippen LogP contribution in [0.4, 0.5) is 5.69 Å². The number of pyridine rings is 1. The summed E-state index contributed by atoms with van der Waals surface area (Å²) < 4.78 is 11.0. The number of aromatic nitrogens is 1. The van der Waals surface area contributed by atoms with Crippen LogP contribution in [0.2, 0.25) is 0 Å². The van der Waals surface area contributed by atoms with Gasteiger partial charge in [-0.15, -0.1) is 0 Å². The van der Waals surface area contributed by atoms with Crippen molar-refractivity contribution in [3.05, 3.63) is 18.3 Å². The third-order valence-corrected chi connectivity index (χ3v) is 3.12. The first kappa shape index (κ1) is 17.4. The van der Waals surface area contributed by atoms with Crippen LogP contribution < -0.4 is 10.1 Å². The molecule has 0 aliphatic carbocycles. The monoisotopic (exact) mass is 294 g/mol. The van der Waals surface area contributed by atoms with Crippen LogP contribution in [0.3, 0.4) is 0 Å². The van der Waals surface area contributed by atoms with Gasteiger partial charge in [0.2, 0.25) is 5.88 Å². The Morgan fingerprint density at radius 3 is 2.57 bits per heavy atom. The summed E-state index contributed by atoms with van der Waals surface area (Å²) >= 11 is 0. The molecule has 5 heteroatoms. The van der Waals surface area contributed by atoms with Crippen LogP contribution in [0.25, 0.3) is 0 Å². The quantitative estimate of drug-likeness (QED) is 0.758. The first-order chi connectivity index (χ1) is 10.1. The zero-order valence-corrected chi connectivity index (χ0v) is 13.4. The molecule has 0 spiro atoms. The van der Waals surface area contributed by atoms with Gasteiger partial charge in [0.15, 0.2) is 0 Å². The van der Waals surface area contributed by atoms with Gasteiger partial charge in [-0.3, -0.25) is 4.79 Å². The van der Waals surface area contributed by atoms with E-state index in [0.717, 1.165) is 12.8 Å². The molecular weight excluding hydrogens is 268 g/mol. The predicted octanol–water partition coefficient (Wildman–Crippen LogP) is 3.40. The molecule has 1 rings (SSSR count). The summed E-state index contributed by atoms with van der Waals surface area (Å²) in [6.45, 7) is 8.93. The zero-order chi connectivity index (χ0) is 15.7. The van der Waals surface area contributed by atoms with Crippen LogP contribution in [0.5, 0.6) is 5.88 Å². The van der Waals surface area contributed by atoms with Crippen molar-refractivity contribution in [2.75, 3.05) is 18.5 Å². The van der Waals surface area contributed by atoms with Gasteiger partial charge >= 0.3 is 0 Å². The van der Waals surface area contributed by atoms with Crippen molar-refractivity contribution in [2.24, 2.45) is 0 Å². The van der Waals surface area contributed by atoms with Gasteiger partial charge in [-0.2, -0.15) is 0 Å². The molecule has 21 heavy (non-hydrogen) atoms. The number of amides is 1. The number of ether oxygens (including phenoxy) is 2.